The number of aryl methyl sites for hydroxylation is 2. The number of rotatable bonds is 7. The van der Waals surface area contributed by atoms with Gasteiger partial charge in [-0.2, -0.15) is 5.26 Å². The van der Waals surface area contributed by atoms with Crippen molar-refractivity contribution in [2.24, 2.45) is 7.05 Å². The quantitative estimate of drug-likeness (QED) is 0.432. The molecule has 0 spiro atoms. The summed E-state index contributed by atoms with van der Waals surface area (Å²) < 4.78 is 7.83. The molecule has 1 aliphatic carbocycles. The molecule has 1 aliphatic rings. The van der Waals surface area contributed by atoms with E-state index in [4.69, 9.17) is 16.3 Å². The highest BCUT2D eigenvalue weighted by Gasteiger charge is 2.22. The fourth-order valence-electron chi connectivity index (χ4n) is 3.82. The number of ether oxygens (including phenoxy) is 1. The van der Waals surface area contributed by atoms with Crippen LogP contribution in [0.15, 0.2) is 23.4 Å². The highest BCUT2D eigenvalue weighted by Crippen LogP contribution is 2.37. The number of hydrogen-bond donors (Lipinski definition) is 1. The smallest absolute Gasteiger partial charge is 0.235 e. The van der Waals surface area contributed by atoms with Crippen LogP contribution in [-0.2, 0) is 24.7 Å². The average Bonchev–Trinajstić information content (AvgIpc) is 3.34. The standard InChI is InChI=1S/C23H24ClN5O2S2/c1-13-10-15(8-9-18(13)24)31-14(2)21-27-28-23(29(21)3)32-12-20(30)26-22-17(11-25)16-6-4-5-7-19(16)33-22/h8-10,14H,4-7,12H2,1-3H3,(H,26,30). The van der Waals surface area contributed by atoms with Gasteiger partial charge in [-0.1, -0.05) is 23.4 Å². The molecule has 2 heterocycles. The normalized spacial score (nSPS) is 13.8. The van der Waals surface area contributed by atoms with Crippen molar-refractivity contribution in [1.29, 1.82) is 5.26 Å². The molecule has 0 aliphatic heterocycles. The summed E-state index contributed by atoms with van der Waals surface area (Å²) in [7, 11) is 1.85. The maximum absolute atomic E-state index is 12.6. The third-order valence-corrected chi connectivity index (χ3v) is 8.19. The van der Waals surface area contributed by atoms with Crippen molar-refractivity contribution in [2.45, 2.75) is 50.8 Å². The summed E-state index contributed by atoms with van der Waals surface area (Å²) in [5, 5.41) is 22.9. The number of amides is 1. The number of nitriles is 1. The van der Waals surface area contributed by atoms with E-state index in [1.165, 1.54) is 28.0 Å². The molecule has 3 aromatic rings. The van der Waals surface area contributed by atoms with Crippen LogP contribution in [0.2, 0.25) is 5.02 Å². The Kier molecular flexibility index (Phi) is 7.27. The first kappa shape index (κ1) is 23.6. The molecule has 33 heavy (non-hydrogen) atoms. The van der Waals surface area contributed by atoms with Gasteiger partial charge in [0.05, 0.1) is 11.3 Å². The molecular weight excluding hydrogens is 478 g/mol. The third-order valence-electron chi connectivity index (χ3n) is 5.54. The van der Waals surface area contributed by atoms with Gasteiger partial charge in [-0.15, -0.1) is 21.5 Å². The first-order valence-corrected chi connectivity index (χ1v) is 12.8. The Morgan fingerprint density at radius 1 is 1.39 bits per heavy atom. The molecule has 0 fully saturated rings. The van der Waals surface area contributed by atoms with Crippen molar-refractivity contribution in [1.82, 2.24) is 14.8 Å². The molecule has 1 atom stereocenters. The van der Waals surface area contributed by atoms with Crippen LogP contribution < -0.4 is 10.1 Å². The summed E-state index contributed by atoms with van der Waals surface area (Å²) in [4.78, 5) is 13.8. The lowest BCUT2D eigenvalue weighted by molar-refractivity contribution is -0.113. The van der Waals surface area contributed by atoms with E-state index in [0.717, 1.165) is 36.8 Å². The molecule has 1 N–H and O–H groups in total. The van der Waals surface area contributed by atoms with E-state index in [2.05, 4.69) is 21.6 Å². The fraction of sp³-hybridized carbons (Fsp3) is 0.391. The Morgan fingerprint density at radius 3 is 2.94 bits per heavy atom. The molecule has 1 unspecified atom stereocenters. The highest BCUT2D eigenvalue weighted by atomic mass is 35.5. The molecule has 0 saturated carbocycles. The maximum Gasteiger partial charge on any atom is 0.235 e. The van der Waals surface area contributed by atoms with Crippen LogP contribution >= 0.6 is 34.7 Å². The van der Waals surface area contributed by atoms with E-state index in [0.29, 0.717) is 32.3 Å². The van der Waals surface area contributed by atoms with Crippen molar-refractivity contribution in [3.8, 4) is 11.8 Å². The van der Waals surface area contributed by atoms with Crippen LogP contribution in [0.25, 0.3) is 0 Å². The maximum atomic E-state index is 12.6. The number of fused-ring (bicyclic) bond motifs is 1. The molecule has 0 radical (unpaired) electrons. The van der Waals surface area contributed by atoms with Crippen molar-refractivity contribution >= 4 is 45.6 Å². The zero-order valence-electron chi connectivity index (χ0n) is 18.6. The molecule has 0 saturated heterocycles. The molecule has 1 aromatic carbocycles. The summed E-state index contributed by atoms with van der Waals surface area (Å²) >= 11 is 8.91. The van der Waals surface area contributed by atoms with Gasteiger partial charge in [-0.3, -0.25) is 4.79 Å². The van der Waals surface area contributed by atoms with E-state index < -0.39 is 0 Å². The number of aromatic nitrogens is 3. The van der Waals surface area contributed by atoms with E-state index in [-0.39, 0.29) is 17.8 Å². The van der Waals surface area contributed by atoms with Gasteiger partial charge in [0.1, 0.15) is 16.8 Å². The lowest BCUT2D eigenvalue weighted by atomic mass is 9.96. The SMILES string of the molecule is Cc1cc(OC(C)c2nnc(SCC(=O)Nc3sc4c(c3C#N)CCCC4)n2C)ccc1Cl. The first-order valence-electron chi connectivity index (χ1n) is 10.7. The van der Waals surface area contributed by atoms with Crippen LogP contribution in [0.4, 0.5) is 5.00 Å². The number of thioether (sulfide) groups is 1. The molecule has 4 rings (SSSR count). The Labute approximate surface area is 206 Å². The van der Waals surface area contributed by atoms with E-state index >= 15 is 0 Å². The Morgan fingerprint density at radius 2 is 2.18 bits per heavy atom. The van der Waals surface area contributed by atoms with Gasteiger partial charge < -0.3 is 14.6 Å². The second-order valence-corrected chi connectivity index (χ2v) is 10.4. The zero-order chi connectivity index (χ0) is 23.5. The van der Waals surface area contributed by atoms with Crippen molar-refractivity contribution in [3.63, 3.8) is 0 Å². The van der Waals surface area contributed by atoms with Crippen molar-refractivity contribution in [3.05, 3.63) is 50.6 Å². The van der Waals surface area contributed by atoms with Gasteiger partial charge in [-0.25, -0.2) is 0 Å². The zero-order valence-corrected chi connectivity index (χ0v) is 21.0. The van der Waals surface area contributed by atoms with E-state index in [1.807, 2.05) is 37.6 Å². The van der Waals surface area contributed by atoms with Crippen LogP contribution in [0.3, 0.4) is 0 Å². The van der Waals surface area contributed by atoms with Crippen LogP contribution in [0.5, 0.6) is 5.75 Å². The molecule has 0 bridgehead atoms. The van der Waals surface area contributed by atoms with Crippen LogP contribution in [0, 0.1) is 18.3 Å². The number of carbonyl (C=O) groups is 1. The molecule has 172 valence electrons. The lowest BCUT2D eigenvalue weighted by Gasteiger charge is -2.15. The highest BCUT2D eigenvalue weighted by molar-refractivity contribution is 7.99. The number of thiophene rings is 1. The minimum absolute atomic E-state index is 0.166. The molecule has 10 heteroatoms. The van der Waals surface area contributed by atoms with Gasteiger partial charge in [0.15, 0.2) is 17.1 Å². The largest absolute Gasteiger partial charge is 0.483 e. The van der Waals surface area contributed by atoms with Crippen LogP contribution in [-0.4, -0.2) is 26.4 Å². The first-order chi connectivity index (χ1) is 15.9. The number of benzene rings is 1. The molecular formula is C23H24ClN5O2S2. The monoisotopic (exact) mass is 501 g/mol. The Bertz CT molecular complexity index is 1230. The van der Waals surface area contributed by atoms with Gasteiger partial charge in [0.2, 0.25) is 5.91 Å². The van der Waals surface area contributed by atoms with Gasteiger partial charge in [0, 0.05) is 16.9 Å². The molecule has 7 nitrogen and oxygen atoms in total. The Hall–Kier alpha value is -2.54. The topological polar surface area (TPSA) is 92.8 Å². The predicted octanol–water partition coefficient (Wildman–Crippen LogP) is 5.46. The third kappa shape index (κ3) is 5.18. The van der Waals surface area contributed by atoms with Gasteiger partial charge in [-0.05, 0) is 68.9 Å². The van der Waals surface area contributed by atoms with Crippen molar-refractivity contribution < 1.29 is 9.53 Å². The predicted molar refractivity (Wildman–Crippen MR) is 131 cm³/mol. The van der Waals surface area contributed by atoms with E-state index in [1.54, 1.807) is 6.07 Å². The number of halogens is 1. The van der Waals surface area contributed by atoms with Gasteiger partial charge in [0.25, 0.3) is 0 Å². The van der Waals surface area contributed by atoms with Gasteiger partial charge >= 0.3 is 0 Å². The van der Waals surface area contributed by atoms with Crippen molar-refractivity contribution in [2.75, 3.05) is 11.1 Å². The minimum Gasteiger partial charge on any atom is -0.483 e. The number of nitrogens with zero attached hydrogens (tertiary/aromatic N) is 4. The fourth-order valence-corrected chi connectivity index (χ4v) is 5.91. The number of nitrogens with one attached hydrogen (secondary N) is 1. The minimum atomic E-state index is -0.332. The van der Waals surface area contributed by atoms with E-state index in [9.17, 15) is 10.1 Å². The summed E-state index contributed by atoms with van der Waals surface area (Å²) in [6.07, 6.45) is 3.79. The second-order valence-electron chi connectivity index (χ2n) is 7.93. The number of hydrogen-bond acceptors (Lipinski definition) is 7. The molecule has 2 aromatic heterocycles. The summed E-state index contributed by atoms with van der Waals surface area (Å²) in [6.45, 7) is 3.82. The lowest BCUT2D eigenvalue weighted by Crippen LogP contribution is -2.15. The summed E-state index contributed by atoms with van der Waals surface area (Å²) in [6, 6.07) is 7.78. The Balaban J connectivity index is 1.37. The second kappa shape index (κ2) is 10.2. The van der Waals surface area contributed by atoms with Crippen LogP contribution in [0.1, 0.15) is 53.3 Å². The number of anilines is 1. The number of carbonyl (C=O) groups excluding carboxylic acids is 1. The molecule has 1 amide bonds. The summed E-state index contributed by atoms with van der Waals surface area (Å²) in [5.74, 6) is 1.36. The summed E-state index contributed by atoms with van der Waals surface area (Å²) in [5.41, 5.74) is 2.67. The average molecular weight is 502 g/mol.